The zero-order valence-corrected chi connectivity index (χ0v) is 16.6. The van der Waals surface area contributed by atoms with Crippen LogP contribution >= 0.6 is 11.6 Å². The van der Waals surface area contributed by atoms with Crippen molar-refractivity contribution in [3.05, 3.63) is 64.7 Å². The molecule has 0 aromatic heterocycles. The van der Waals surface area contributed by atoms with Crippen LogP contribution in [-0.2, 0) is 16.1 Å². The van der Waals surface area contributed by atoms with Gasteiger partial charge in [0.1, 0.15) is 12.4 Å². The first-order chi connectivity index (χ1) is 13.7. The van der Waals surface area contributed by atoms with E-state index in [9.17, 15) is 4.79 Å². The van der Waals surface area contributed by atoms with E-state index < -0.39 is 0 Å². The predicted octanol–water partition coefficient (Wildman–Crippen LogP) is 4.23. The Hall–Kier alpha value is -2.08. The largest absolute Gasteiger partial charge is 0.488 e. The van der Waals surface area contributed by atoms with Crippen molar-refractivity contribution >= 4 is 17.5 Å². The van der Waals surface area contributed by atoms with Gasteiger partial charge in [-0.1, -0.05) is 35.9 Å². The first-order valence-electron chi connectivity index (χ1n) is 9.66. The maximum Gasteiger partial charge on any atom is 0.255 e. The van der Waals surface area contributed by atoms with Crippen molar-refractivity contribution < 1.29 is 19.0 Å². The highest BCUT2D eigenvalue weighted by molar-refractivity contribution is 6.30. The summed E-state index contributed by atoms with van der Waals surface area (Å²) in [4.78, 5) is 12.5. The van der Waals surface area contributed by atoms with Gasteiger partial charge in [-0.05, 0) is 49.1 Å². The number of hydrogen-bond acceptors (Lipinski definition) is 4. The second-order valence-electron chi connectivity index (χ2n) is 6.73. The minimum atomic E-state index is -0.147. The summed E-state index contributed by atoms with van der Waals surface area (Å²) in [5.41, 5.74) is 1.51. The van der Waals surface area contributed by atoms with Crippen LogP contribution in [0, 0.1) is 0 Å². The Morgan fingerprint density at radius 2 is 2.00 bits per heavy atom. The summed E-state index contributed by atoms with van der Waals surface area (Å²) >= 11 is 5.90. The van der Waals surface area contributed by atoms with Gasteiger partial charge in [-0.15, -0.1) is 0 Å². The highest BCUT2D eigenvalue weighted by atomic mass is 35.5. The monoisotopic (exact) mass is 403 g/mol. The van der Waals surface area contributed by atoms with E-state index in [0.29, 0.717) is 42.7 Å². The average molecular weight is 404 g/mol. The van der Waals surface area contributed by atoms with Crippen molar-refractivity contribution in [1.82, 2.24) is 5.32 Å². The van der Waals surface area contributed by atoms with Gasteiger partial charge in [-0.2, -0.15) is 0 Å². The van der Waals surface area contributed by atoms with Crippen LogP contribution < -0.4 is 10.1 Å². The zero-order chi connectivity index (χ0) is 19.6. The van der Waals surface area contributed by atoms with Crippen LogP contribution in [0.4, 0.5) is 0 Å². The lowest BCUT2D eigenvalue weighted by Gasteiger charge is -2.12. The molecule has 28 heavy (non-hydrogen) atoms. The molecule has 1 unspecified atom stereocenters. The minimum absolute atomic E-state index is 0.147. The Morgan fingerprint density at radius 1 is 1.18 bits per heavy atom. The molecule has 6 heteroatoms. The predicted molar refractivity (Wildman–Crippen MR) is 109 cm³/mol. The molecule has 1 amide bonds. The molecule has 1 atom stereocenters. The third kappa shape index (κ3) is 6.51. The number of carbonyl (C=O) groups is 1. The molecule has 2 aromatic rings. The summed E-state index contributed by atoms with van der Waals surface area (Å²) < 4.78 is 17.0. The van der Waals surface area contributed by atoms with Crippen molar-refractivity contribution in [3.63, 3.8) is 0 Å². The molecule has 150 valence electrons. The molecule has 1 fully saturated rings. The molecular formula is C22H26ClNO4. The fourth-order valence-electron chi connectivity index (χ4n) is 2.98. The van der Waals surface area contributed by atoms with Gasteiger partial charge in [-0.25, -0.2) is 0 Å². The molecule has 1 heterocycles. The molecular weight excluding hydrogens is 378 g/mol. The van der Waals surface area contributed by atoms with Crippen molar-refractivity contribution in [1.29, 1.82) is 0 Å². The Kier molecular flexibility index (Phi) is 8.15. The summed E-state index contributed by atoms with van der Waals surface area (Å²) in [6.07, 6.45) is 3.18. The second-order valence-corrected chi connectivity index (χ2v) is 7.17. The lowest BCUT2D eigenvalue weighted by Crippen LogP contribution is -2.26. The number of hydrogen-bond donors (Lipinski definition) is 1. The van der Waals surface area contributed by atoms with Gasteiger partial charge < -0.3 is 19.5 Å². The molecule has 2 aromatic carbocycles. The molecule has 1 saturated heterocycles. The van der Waals surface area contributed by atoms with Crippen molar-refractivity contribution in [2.75, 3.05) is 26.4 Å². The molecule has 0 bridgehead atoms. The Balaban J connectivity index is 1.41. The molecule has 1 N–H and O–H groups in total. The summed E-state index contributed by atoms with van der Waals surface area (Å²) in [6.45, 7) is 3.00. The Bertz CT molecular complexity index is 744. The van der Waals surface area contributed by atoms with E-state index >= 15 is 0 Å². The molecule has 1 aliphatic heterocycles. The fraction of sp³-hybridized carbons (Fsp3) is 0.409. The lowest BCUT2D eigenvalue weighted by atomic mass is 10.2. The van der Waals surface area contributed by atoms with Crippen LogP contribution in [0.2, 0.25) is 5.02 Å². The number of halogens is 1. The zero-order valence-electron chi connectivity index (χ0n) is 15.9. The number of nitrogens with one attached hydrogen (secondary N) is 1. The number of carbonyl (C=O) groups excluding carboxylic acids is 1. The fourth-order valence-corrected chi connectivity index (χ4v) is 3.11. The summed E-state index contributed by atoms with van der Waals surface area (Å²) in [6, 6.07) is 14.7. The third-order valence-electron chi connectivity index (χ3n) is 4.52. The summed E-state index contributed by atoms with van der Waals surface area (Å²) in [5.74, 6) is 0.412. The molecule has 0 spiro atoms. The molecule has 0 saturated carbocycles. The first-order valence-corrected chi connectivity index (χ1v) is 10.0. The van der Waals surface area contributed by atoms with Gasteiger partial charge in [-0.3, -0.25) is 4.79 Å². The van der Waals surface area contributed by atoms with Crippen molar-refractivity contribution in [2.24, 2.45) is 0 Å². The molecule has 0 radical (unpaired) electrons. The highest BCUT2D eigenvalue weighted by Gasteiger charge is 2.15. The SMILES string of the molecule is O=C(NCCCOCC1CCCO1)c1ccccc1OCc1ccc(Cl)cc1. The lowest BCUT2D eigenvalue weighted by molar-refractivity contribution is 0.0166. The number of benzene rings is 2. The molecule has 5 nitrogen and oxygen atoms in total. The van der Waals surface area contributed by atoms with Gasteiger partial charge in [0, 0.05) is 24.8 Å². The van der Waals surface area contributed by atoms with E-state index in [2.05, 4.69) is 5.32 Å². The topological polar surface area (TPSA) is 56.8 Å². The number of rotatable bonds is 10. The highest BCUT2D eigenvalue weighted by Crippen LogP contribution is 2.20. The first kappa shape index (κ1) is 20.6. The van der Waals surface area contributed by atoms with Gasteiger partial charge in [0.05, 0.1) is 18.3 Å². The summed E-state index contributed by atoms with van der Waals surface area (Å²) in [7, 11) is 0. The van der Waals surface area contributed by atoms with E-state index in [4.69, 9.17) is 25.8 Å². The normalized spacial score (nSPS) is 16.1. The smallest absolute Gasteiger partial charge is 0.255 e. The van der Waals surface area contributed by atoms with Crippen LogP contribution in [0.1, 0.15) is 35.2 Å². The Morgan fingerprint density at radius 3 is 2.79 bits per heavy atom. The van der Waals surface area contributed by atoms with E-state index in [1.54, 1.807) is 12.1 Å². The molecule has 3 rings (SSSR count). The average Bonchev–Trinajstić information content (AvgIpc) is 3.24. The minimum Gasteiger partial charge on any atom is -0.488 e. The van der Waals surface area contributed by atoms with E-state index in [1.165, 1.54) is 0 Å². The van der Waals surface area contributed by atoms with Crippen LogP contribution in [0.5, 0.6) is 5.75 Å². The van der Waals surface area contributed by atoms with Crippen molar-refractivity contribution in [2.45, 2.75) is 32.0 Å². The van der Waals surface area contributed by atoms with Crippen LogP contribution in [0.3, 0.4) is 0 Å². The number of amides is 1. The van der Waals surface area contributed by atoms with E-state index in [1.807, 2.05) is 36.4 Å². The van der Waals surface area contributed by atoms with E-state index in [-0.39, 0.29) is 12.0 Å². The quantitative estimate of drug-likeness (QED) is 0.603. The maximum absolute atomic E-state index is 12.5. The van der Waals surface area contributed by atoms with Gasteiger partial charge in [0.15, 0.2) is 0 Å². The van der Waals surface area contributed by atoms with Gasteiger partial charge in [0.2, 0.25) is 0 Å². The molecule has 1 aliphatic rings. The third-order valence-corrected chi connectivity index (χ3v) is 4.77. The van der Waals surface area contributed by atoms with Gasteiger partial charge in [0.25, 0.3) is 5.91 Å². The number of ether oxygens (including phenoxy) is 3. The van der Waals surface area contributed by atoms with Crippen LogP contribution in [0.15, 0.2) is 48.5 Å². The van der Waals surface area contributed by atoms with Gasteiger partial charge >= 0.3 is 0 Å². The van der Waals surface area contributed by atoms with E-state index in [0.717, 1.165) is 31.4 Å². The summed E-state index contributed by atoms with van der Waals surface area (Å²) in [5, 5.41) is 3.61. The Labute approximate surface area is 170 Å². The standard InChI is InChI=1S/C22H26ClNO4/c23-18-10-8-17(9-11-18)15-28-21-7-2-1-6-20(21)22(25)24-12-4-13-26-16-19-5-3-14-27-19/h1-2,6-11,19H,3-5,12-16H2,(H,24,25). The second kappa shape index (κ2) is 11.1. The number of para-hydroxylation sites is 1. The van der Waals surface area contributed by atoms with Crippen LogP contribution in [-0.4, -0.2) is 38.4 Å². The van der Waals surface area contributed by atoms with Crippen molar-refractivity contribution in [3.8, 4) is 5.75 Å². The maximum atomic E-state index is 12.5. The molecule has 0 aliphatic carbocycles. The van der Waals surface area contributed by atoms with Crippen LogP contribution in [0.25, 0.3) is 0 Å².